The fourth-order valence-electron chi connectivity index (χ4n) is 2.63. The molecular formula is C11H14FN8O4+. The fraction of sp³-hybridized carbons (Fsp3) is 0.545. The molecule has 1 aliphatic rings. The Kier molecular flexibility index (Phi) is 3.85. The Balaban J connectivity index is 2.07. The summed E-state index contributed by atoms with van der Waals surface area (Å²) < 4.78 is 21.2. The van der Waals surface area contributed by atoms with Crippen molar-refractivity contribution in [1.29, 1.82) is 5.53 Å². The molecule has 2 aromatic rings. The number of hydrogen-bond acceptors (Lipinski definition) is 9. The first kappa shape index (κ1) is 16.1. The topological polar surface area (TPSA) is 190 Å². The number of ether oxygens (including phenoxy) is 1. The summed E-state index contributed by atoms with van der Waals surface area (Å²) in [5, 5.41) is 23.0. The van der Waals surface area contributed by atoms with Gasteiger partial charge in [-0.05, 0) is 0 Å². The fourth-order valence-corrected chi connectivity index (χ4v) is 2.63. The van der Waals surface area contributed by atoms with Crippen LogP contribution in [0.5, 0.6) is 0 Å². The molecule has 0 bridgehead atoms. The molecule has 1 fully saturated rings. The van der Waals surface area contributed by atoms with Crippen LogP contribution in [0.4, 0.5) is 10.3 Å². The third kappa shape index (κ3) is 2.27. The van der Waals surface area contributed by atoms with Crippen molar-refractivity contribution in [2.45, 2.75) is 24.1 Å². The van der Waals surface area contributed by atoms with Crippen LogP contribution < -0.4 is 16.2 Å². The molecule has 128 valence electrons. The van der Waals surface area contributed by atoms with Gasteiger partial charge in [0.05, 0.1) is 12.9 Å². The quantitative estimate of drug-likeness (QED) is 0.320. The first-order valence-corrected chi connectivity index (χ1v) is 6.80. The van der Waals surface area contributed by atoms with E-state index >= 15 is 0 Å². The van der Waals surface area contributed by atoms with Crippen LogP contribution >= 0.6 is 0 Å². The molecule has 24 heavy (non-hydrogen) atoms. The number of nitrogens with one attached hydrogen (secondary N) is 2. The zero-order valence-electron chi connectivity index (χ0n) is 12.1. The Hall–Kier alpha value is -2.73. The number of aromatic nitrogens is 4. The van der Waals surface area contributed by atoms with Crippen molar-refractivity contribution < 1.29 is 19.3 Å². The first-order valence-electron chi connectivity index (χ1n) is 6.80. The summed E-state index contributed by atoms with van der Waals surface area (Å²) in [5.74, 6) is -0.195. The molecule has 0 saturated carbocycles. The summed E-state index contributed by atoms with van der Waals surface area (Å²) in [4.78, 5) is 24.5. The highest BCUT2D eigenvalue weighted by molar-refractivity contribution is 5.70. The monoisotopic (exact) mass is 341 g/mol. The summed E-state index contributed by atoms with van der Waals surface area (Å²) in [6, 6.07) is 0. The maximum Gasteiger partial charge on any atom is 0.280 e. The van der Waals surface area contributed by atoms with E-state index in [1.54, 1.807) is 0 Å². The van der Waals surface area contributed by atoms with Crippen LogP contribution in [0.1, 0.15) is 6.23 Å². The Bertz CT molecular complexity index is 877. The summed E-state index contributed by atoms with van der Waals surface area (Å²) in [6.45, 7) is -1.18. The van der Waals surface area contributed by atoms with Crippen LogP contribution in [0.3, 0.4) is 0 Å². The van der Waals surface area contributed by atoms with Crippen LogP contribution in [0.2, 0.25) is 0 Å². The Labute approximate surface area is 132 Å². The highest BCUT2D eigenvalue weighted by Gasteiger charge is 2.57. The highest BCUT2D eigenvalue weighted by atomic mass is 19.1. The predicted octanol–water partition coefficient (Wildman–Crippen LogP) is -1.79. The van der Waals surface area contributed by atoms with Gasteiger partial charge in [0.25, 0.3) is 5.56 Å². The number of imidazole rings is 1. The van der Waals surface area contributed by atoms with E-state index in [9.17, 15) is 19.4 Å². The zero-order valence-corrected chi connectivity index (χ0v) is 12.1. The van der Waals surface area contributed by atoms with Crippen molar-refractivity contribution in [1.82, 2.24) is 24.4 Å². The van der Waals surface area contributed by atoms with E-state index < -0.39 is 42.8 Å². The van der Waals surface area contributed by atoms with E-state index in [1.807, 2.05) is 0 Å². The number of nitrogen functional groups attached to an aromatic ring is 1. The van der Waals surface area contributed by atoms with E-state index in [-0.39, 0.29) is 17.1 Å². The summed E-state index contributed by atoms with van der Waals surface area (Å²) in [6.07, 6.45) is -4.02. The number of anilines is 1. The van der Waals surface area contributed by atoms with Gasteiger partial charge in [-0.2, -0.15) is 4.98 Å². The molecule has 2 aromatic heterocycles. The lowest BCUT2D eigenvalue weighted by molar-refractivity contribution is -0.121. The number of H-pyrrole nitrogens is 1. The molecule has 0 spiro atoms. The number of alkyl halides is 1. The predicted molar refractivity (Wildman–Crippen MR) is 75.6 cm³/mol. The molecule has 3 heterocycles. The van der Waals surface area contributed by atoms with E-state index in [1.165, 1.54) is 0 Å². The maximum absolute atomic E-state index is 14.6. The van der Waals surface area contributed by atoms with Crippen LogP contribution in [-0.2, 0) is 4.74 Å². The molecule has 3 rings (SSSR count). The lowest BCUT2D eigenvalue weighted by Crippen LogP contribution is -2.48. The number of nitrogens with two attached hydrogens (primary N) is 1. The molecule has 4 atom stereocenters. The second-order valence-corrected chi connectivity index (χ2v) is 5.30. The molecule has 0 unspecified atom stereocenters. The van der Waals surface area contributed by atoms with E-state index in [4.69, 9.17) is 16.0 Å². The second kappa shape index (κ2) is 5.72. The molecule has 13 heteroatoms. The van der Waals surface area contributed by atoms with Crippen molar-refractivity contribution >= 4 is 17.1 Å². The summed E-state index contributed by atoms with van der Waals surface area (Å²) >= 11 is 0. The van der Waals surface area contributed by atoms with Gasteiger partial charge >= 0.3 is 0 Å². The number of aliphatic hydroxyl groups is 2. The molecule has 0 aromatic carbocycles. The summed E-state index contributed by atoms with van der Waals surface area (Å²) in [5.41, 5.74) is 9.63. The third-order valence-electron chi connectivity index (χ3n) is 3.87. The van der Waals surface area contributed by atoms with Crippen molar-refractivity contribution in [2.24, 2.45) is 5.11 Å². The van der Waals surface area contributed by atoms with Gasteiger partial charge in [0, 0.05) is 0 Å². The lowest BCUT2D eigenvalue weighted by atomic mass is 9.97. The molecule has 0 amide bonds. The minimum atomic E-state index is -1.97. The minimum Gasteiger partial charge on any atom is -0.393 e. The van der Waals surface area contributed by atoms with Gasteiger partial charge in [0.1, 0.15) is 22.4 Å². The zero-order chi connectivity index (χ0) is 17.5. The van der Waals surface area contributed by atoms with Gasteiger partial charge in [0.2, 0.25) is 10.9 Å². The molecule has 1 saturated heterocycles. The highest BCUT2D eigenvalue weighted by Crippen LogP contribution is 2.40. The van der Waals surface area contributed by atoms with Gasteiger partial charge in [-0.3, -0.25) is 14.3 Å². The van der Waals surface area contributed by atoms with Gasteiger partial charge in [-0.15, -0.1) is 0 Å². The number of halogens is 1. The third-order valence-corrected chi connectivity index (χ3v) is 3.87. The average Bonchev–Trinajstić information content (AvgIpc) is 3.07. The molecule has 1 aliphatic heterocycles. The number of hydrogen-bond donors (Lipinski definition) is 5. The Morgan fingerprint density at radius 1 is 1.67 bits per heavy atom. The van der Waals surface area contributed by atoms with Gasteiger partial charge in [-0.25, -0.2) is 9.37 Å². The summed E-state index contributed by atoms with van der Waals surface area (Å²) in [7, 11) is 0. The molecule has 0 radical (unpaired) electrons. The standard InChI is InChI=1S/C11H13FN8O4/c12-4-6(22)11(2-21,1-16-19-14)24-9(4)20-3-15-5-7(20)17-10(13)18-8(5)23/h3-4,6,9,14,21-22H,1-2H2,(H2-,13,17,18,23)/p+1/t4-,6+,9-,11-/m1/s1. The number of nitrogens with zero attached hydrogens (tertiary/aromatic N) is 5. The normalized spacial score (nSPS) is 29.7. The number of aliphatic hydroxyl groups excluding tert-OH is 2. The Morgan fingerprint density at radius 2 is 2.42 bits per heavy atom. The van der Waals surface area contributed by atoms with Crippen LogP contribution in [-0.4, -0.2) is 60.8 Å². The van der Waals surface area contributed by atoms with E-state index in [0.29, 0.717) is 0 Å². The van der Waals surface area contributed by atoms with E-state index in [2.05, 4.69) is 25.0 Å². The second-order valence-electron chi connectivity index (χ2n) is 5.30. The van der Waals surface area contributed by atoms with Crippen LogP contribution in [0.15, 0.2) is 16.2 Å². The van der Waals surface area contributed by atoms with Crippen molar-refractivity contribution in [3.05, 3.63) is 16.7 Å². The Morgan fingerprint density at radius 3 is 3.08 bits per heavy atom. The number of aromatic amines is 1. The van der Waals surface area contributed by atoms with Crippen molar-refractivity contribution in [2.75, 3.05) is 18.9 Å². The van der Waals surface area contributed by atoms with Gasteiger partial charge in [0.15, 0.2) is 30.1 Å². The molecular weight excluding hydrogens is 327 g/mol. The lowest BCUT2D eigenvalue weighted by Gasteiger charge is -2.25. The van der Waals surface area contributed by atoms with Crippen LogP contribution in [0, 0.1) is 5.53 Å². The molecule has 0 aliphatic carbocycles. The van der Waals surface area contributed by atoms with Gasteiger partial charge < -0.3 is 20.7 Å². The molecule has 6 N–H and O–H groups in total. The largest absolute Gasteiger partial charge is 0.393 e. The van der Waals surface area contributed by atoms with Crippen LogP contribution in [0.25, 0.3) is 11.2 Å². The smallest absolute Gasteiger partial charge is 0.280 e. The van der Waals surface area contributed by atoms with E-state index in [0.717, 1.165) is 10.9 Å². The van der Waals surface area contributed by atoms with Crippen molar-refractivity contribution in [3.8, 4) is 0 Å². The van der Waals surface area contributed by atoms with Crippen molar-refractivity contribution in [3.63, 3.8) is 0 Å². The number of rotatable bonds is 4. The SMILES string of the molecule is N=[N+]=NC[C@]1(CO)O[C@@H](n2cnc3c(=O)[nH]c(N)nc32)[C@H](F)[C@@H]1O. The van der Waals surface area contributed by atoms with Gasteiger partial charge in [-0.1, -0.05) is 0 Å². The number of fused-ring (bicyclic) bond motifs is 1. The first-order chi connectivity index (χ1) is 11.4. The minimum absolute atomic E-state index is 0.0352. The maximum atomic E-state index is 14.6. The average molecular weight is 341 g/mol. The molecule has 12 nitrogen and oxygen atoms in total.